The number of halogens is 1. The molecule has 1 atom stereocenters. The molecule has 0 radical (unpaired) electrons. The van der Waals surface area contributed by atoms with E-state index in [2.05, 4.69) is 10.0 Å². The number of amides is 1. The van der Waals surface area contributed by atoms with Crippen LogP contribution in [0.25, 0.3) is 0 Å². The molecule has 3 N–H and O–H groups in total. The third-order valence-electron chi connectivity index (χ3n) is 4.08. The number of hydrogen-bond donors (Lipinski definition) is 3. The minimum Gasteiger partial charge on any atom is -0.396 e. The molecule has 0 fully saturated rings. The first-order valence-corrected chi connectivity index (χ1v) is 9.94. The molecule has 0 aliphatic heterocycles. The number of aryl methyl sites for hydroxylation is 2. The lowest BCUT2D eigenvalue weighted by Gasteiger charge is -2.19. The van der Waals surface area contributed by atoms with Crippen LogP contribution in [-0.2, 0) is 14.8 Å². The standard InChI is InChI=1S/C19H23FN2O4S/c1-13-3-5-15(6-4-13)17(9-10-23)22-19(24)12-21-27(25,26)18-8-7-16(20)11-14(18)2/h3-8,11,17,21,23H,9-10,12H2,1-2H3,(H,22,24). The average molecular weight is 394 g/mol. The van der Waals surface area contributed by atoms with Gasteiger partial charge in [0.05, 0.1) is 17.5 Å². The number of nitrogens with one attached hydrogen (secondary N) is 2. The zero-order valence-corrected chi connectivity index (χ0v) is 16.0. The Morgan fingerprint density at radius 1 is 1.15 bits per heavy atom. The van der Waals surface area contributed by atoms with Crippen LogP contribution >= 0.6 is 0 Å². The van der Waals surface area contributed by atoms with Gasteiger partial charge < -0.3 is 10.4 Å². The molecule has 0 heterocycles. The van der Waals surface area contributed by atoms with E-state index in [0.29, 0.717) is 6.42 Å². The van der Waals surface area contributed by atoms with Crippen LogP contribution in [0.4, 0.5) is 4.39 Å². The van der Waals surface area contributed by atoms with Crippen molar-refractivity contribution in [3.63, 3.8) is 0 Å². The second kappa shape index (κ2) is 9.07. The summed E-state index contributed by atoms with van der Waals surface area (Å²) >= 11 is 0. The Bertz CT molecular complexity index is 898. The van der Waals surface area contributed by atoms with Gasteiger partial charge in [-0.05, 0) is 49.6 Å². The maximum absolute atomic E-state index is 13.2. The molecule has 0 aliphatic carbocycles. The van der Waals surface area contributed by atoms with E-state index in [-0.39, 0.29) is 17.1 Å². The van der Waals surface area contributed by atoms with Crippen molar-refractivity contribution in [3.05, 3.63) is 65.0 Å². The van der Waals surface area contributed by atoms with Crippen molar-refractivity contribution < 1.29 is 22.7 Å². The quantitative estimate of drug-likeness (QED) is 0.638. The minimum atomic E-state index is -3.95. The van der Waals surface area contributed by atoms with Gasteiger partial charge in [0.1, 0.15) is 5.82 Å². The number of rotatable bonds is 8. The van der Waals surface area contributed by atoms with Gasteiger partial charge in [-0.25, -0.2) is 17.5 Å². The van der Waals surface area contributed by atoms with Crippen molar-refractivity contribution in [2.24, 2.45) is 0 Å². The van der Waals surface area contributed by atoms with Gasteiger partial charge in [0.25, 0.3) is 0 Å². The van der Waals surface area contributed by atoms with Gasteiger partial charge in [-0.2, -0.15) is 0 Å². The van der Waals surface area contributed by atoms with Crippen molar-refractivity contribution in [2.75, 3.05) is 13.2 Å². The Balaban J connectivity index is 2.03. The van der Waals surface area contributed by atoms with E-state index < -0.39 is 34.3 Å². The third kappa shape index (κ3) is 5.85. The number of benzene rings is 2. The molecule has 1 amide bonds. The number of aliphatic hydroxyl groups excluding tert-OH is 1. The maximum atomic E-state index is 13.2. The fourth-order valence-electron chi connectivity index (χ4n) is 2.65. The summed E-state index contributed by atoms with van der Waals surface area (Å²) in [6, 6.07) is 10.4. The second-order valence-electron chi connectivity index (χ2n) is 6.28. The lowest BCUT2D eigenvalue weighted by molar-refractivity contribution is -0.120. The van der Waals surface area contributed by atoms with Crippen molar-refractivity contribution in [1.29, 1.82) is 0 Å². The highest BCUT2D eigenvalue weighted by molar-refractivity contribution is 7.89. The summed E-state index contributed by atoms with van der Waals surface area (Å²) in [5.74, 6) is -1.06. The maximum Gasteiger partial charge on any atom is 0.241 e. The van der Waals surface area contributed by atoms with E-state index in [1.165, 1.54) is 6.92 Å². The van der Waals surface area contributed by atoms with Gasteiger partial charge >= 0.3 is 0 Å². The SMILES string of the molecule is Cc1ccc(C(CCO)NC(=O)CNS(=O)(=O)c2ccc(F)cc2C)cc1. The summed E-state index contributed by atoms with van der Waals surface area (Å²) in [6.07, 6.45) is 0.304. The molecule has 146 valence electrons. The van der Waals surface area contributed by atoms with Crippen LogP contribution in [0.3, 0.4) is 0 Å². The highest BCUT2D eigenvalue weighted by atomic mass is 32.2. The molecule has 0 saturated carbocycles. The molecular weight excluding hydrogens is 371 g/mol. The largest absolute Gasteiger partial charge is 0.396 e. The Hall–Kier alpha value is -2.29. The number of carbonyl (C=O) groups is 1. The molecule has 1 unspecified atom stereocenters. The third-order valence-corrected chi connectivity index (χ3v) is 5.64. The van der Waals surface area contributed by atoms with Crippen LogP contribution in [-0.4, -0.2) is 32.6 Å². The van der Waals surface area contributed by atoms with Crippen LogP contribution in [0.15, 0.2) is 47.4 Å². The van der Waals surface area contributed by atoms with Crippen molar-refractivity contribution in [2.45, 2.75) is 31.2 Å². The zero-order chi connectivity index (χ0) is 20.0. The lowest BCUT2D eigenvalue weighted by Crippen LogP contribution is -2.39. The van der Waals surface area contributed by atoms with E-state index >= 15 is 0 Å². The fourth-order valence-corrected chi connectivity index (χ4v) is 3.85. The minimum absolute atomic E-state index is 0.0813. The Morgan fingerprint density at radius 3 is 2.41 bits per heavy atom. The molecule has 2 rings (SSSR count). The normalized spacial score (nSPS) is 12.6. The molecule has 0 saturated heterocycles. The first-order valence-electron chi connectivity index (χ1n) is 8.45. The number of sulfonamides is 1. The molecule has 0 bridgehead atoms. The first-order chi connectivity index (χ1) is 12.7. The molecule has 27 heavy (non-hydrogen) atoms. The van der Waals surface area contributed by atoms with Crippen LogP contribution < -0.4 is 10.0 Å². The lowest BCUT2D eigenvalue weighted by atomic mass is 10.0. The Labute approximate surface area is 158 Å². The molecular formula is C19H23FN2O4S. The molecule has 0 aliphatic rings. The van der Waals surface area contributed by atoms with Gasteiger partial charge in [0.15, 0.2) is 0 Å². The highest BCUT2D eigenvalue weighted by Gasteiger charge is 2.20. The zero-order valence-electron chi connectivity index (χ0n) is 15.2. The summed E-state index contributed by atoms with van der Waals surface area (Å²) in [5.41, 5.74) is 2.14. The van der Waals surface area contributed by atoms with E-state index in [1.54, 1.807) is 0 Å². The molecule has 2 aromatic rings. The van der Waals surface area contributed by atoms with Crippen molar-refractivity contribution in [1.82, 2.24) is 10.0 Å². The summed E-state index contributed by atoms with van der Waals surface area (Å²) in [4.78, 5) is 12.1. The fraction of sp³-hybridized carbons (Fsp3) is 0.316. The average Bonchev–Trinajstić information content (AvgIpc) is 2.60. The van der Waals surface area contributed by atoms with Gasteiger partial charge in [-0.3, -0.25) is 4.79 Å². The number of hydrogen-bond acceptors (Lipinski definition) is 4. The molecule has 6 nitrogen and oxygen atoms in total. The summed E-state index contributed by atoms with van der Waals surface area (Å²) in [6.45, 7) is 2.83. The monoisotopic (exact) mass is 394 g/mol. The predicted molar refractivity (Wildman–Crippen MR) is 100 cm³/mol. The van der Waals surface area contributed by atoms with E-state index in [0.717, 1.165) is 29.3 Å². The predicted octanol–water partition coefficient (Wildman–Crippen LogP) is 1.96. The van der Waals surface area contributed by atoms with Crippen LogP contribution in [0, 0.1) is 19.7 Å². The molecule has 8 heteroatoms. The highest BCUT2D eigenvalue weighted by Crippen LogP contribution is 2.18. The molecule has 0 spiro atoms. The van der Waals surface area contributed by atoms with Gasteiger partial charge in [-0.15, -0.1) is 0 Å². The Morgan fingerprint density at radius 2 is 1.81 bits per heavy atom. The van der Waals surface area contributed by atoms with Crippen molar-refractivity contribution >= 4 is 15.9 Å². The molecule has 0 aromatic heterocycles. The molecule has 2 aromatic carbocycles. The van der Waals surface area contributed by atoms with E-state index in [1.807, 2.05) is 31.2 Å². The van der Waals surface area contributed by atoms with Crippen molar-refractivity contribution in [3.8, 4) is 0 Å². The second-order valence-corrected chi connectivity index (χ2v) is 8.01. The van der Waals surface area contributed by atoms with Crippen LogP contribution in [0.1, 0.15) is 29.2 Å². The van der Waals surface area contributed by atoms with Gasteiger partial charge in [0.2, 0.25) is 15.9 Å². The first kappa shape index (κ1) is 21.0. The topological polar surface area (TPSA) is 95.5 Å². The summed E-state index contributed by atoms with van der Waals surface area (Å²) in [7, 11) is -3.95. The van der Waals surface area contributed by atoms with Gasteiger partial charge in [0, 0.05) is 6.61 Å². The summed E-state index contributed by atoms with van der Waals surface area (Å²) < 4.78 is 40.0. The Kier molecular flexibility index (Phi) is 7.06. The number of aliphatic hydroxyl groups is 1. The van der Waals surface area contributed by atoms with E-state index in [9.17, 15) is 22.7 Å². The van der Waals surface area contributed by atoms with Crippen LogP contribution in [0.5, 0.6) is 0 Å². The van der Waals surface area contributed by atoms with Crippen LogP contribution in [0.2, 0.25) is 0 Å². The van der Waals surface area contributed by atoms with E-state index in [4.69, 9.17) is 0 Å². The smallest absolute Gasteiger partial charge is 0.241 e. The van der Waals surface area contributed by atoms with Gasteiger partial charge in [-0.1, -0.05) is 29.8 Å². The number of carbonyl (C=O) groups excluding carboxylic acids is 1. The summed E-state index contributed by atoms with van der Waals surface area (Å²) in [5, 5.41) is 11.9.